The molecule has 1 saturated carbocycles. The molecule has 0 bridgehead atoms. The minimum Gasteiger partial charge on any atom is -0.481 e. The van der Waals surface area contributed by atoms with Crippen LogP contribution in [-0.4, -0.2) is 20.6 Å². The standard InChI is InChI=1S/C17H16N2O2S/c1-19-13-5-3-2-4-12(13)15(16(19)10-6-7-10)17-18-11(9-22-17)8-14(20)21/h2-5,9-10H,6-8H2,1H3,(H,20,21). The maximum Gasteiger partial charge on any atom is 0.309 e. The van der Waals surface area contributed by atoms with E-state index in [1.54, 1.807) is 11.3 Å². The Hall–Kier alpha value is -2.14. The highest BCUT2D eigenvalue weighted by molar-refractivity contribution is 7.13. The Kier molecular flexibility index (Phi) is 3.04. The highest BCUT2D eigenvalue weighted by atomic mass is 32.1. The average molecular weight is 312 g/mol. The number of carboxylic acid groups (broad SMARTS) is 1. The van der Waals surface area contributed by atoms with Crippen LogP contribution in [0.15, 0.2) is 29.6 Å². The number of aliphatic carboxylic acids is 1. The van der Waals surface area contributed by atoms with Gasteiger partial charge in [-0.25, -0.2) is 4.98 Å². The summed E-state index contributed by atoms with van der Waals surface area (Å²) in [5.41, 5.74) is 4.40. The molecule has 3 aromatic rings. The number of aryl methyl sites for hydroxylation is 1. The van der Waals surface area contributed by atoms with Gasteiger partial charge in [-0.3, -0.25) is 4.79 Å². The molecule has 112 valence electrons. The molecule has 22 heavy (non-hydrogen) atoms. The van der Waals surface area contributed by atoms with Crippen molar-refractivity contribution in [1.29, 1.82) is 0 Å². The van der Waals surface area contributed by atoms with Gasteiger partial charge in [0, 0.05) is 34.6 Å². The number of thiazole rings is 1. The van der Waals surface area contributed by atoms with E-state index in [2.05, 4.69) is 34.8 Å². The molecule has 1 fully saturated rings. The summed E-state index contributed by atoms with van der Waals surface area (Å²) in [7, 11) is 2.12. The van der Waals surface area contributed by atoms with E-state index in [0.717, 1.165) is 5.01 Å². The molecule has 1 aliphatic rings. The van der Waals surface area contributed by atoms with Crippen LogP contribution in [-0.2, 0) is 18.3 Å². The Morgan fingerprint density at radius 1 is 1.41 bits per heavy atom. The van der Waals surface area contributed by atoms with Crippen LogP contribution in [0.1, 0.15) is 30.1 Å². The van der Waals surface area contributed by atoms with Gasteiger partial charge in [-0.1, -0.05) is 18.2 Å². The van der Waals surface area contributed by atoms with Gasteiger partial charge in [0.2, 0.25) is 0 Å². The lowest BCUT2D eigenvalue weighted by molar-refractivity contribution is -0.136. The van der Waals surface area contributed by atoms with Crippen LogP contribution < -0.4 is 0 Å². The lowest BCUT2D eigenvalue weighted by Crippen LogP contribution is -2.00. The van der Waals surface area contributed by atoms with Crippen molar-refractivity contribution in [1.82, 2.24) is 9.55 Å². The van der Waals surface area contributed by atoms with Gasteiger partial charge in [0.15, 0.2) is 0 Å². The van der Waals surface area contributed by atoms with Crippen molar-refractivity contribution < 1.29 is 9.90 Å². The number of rotatable bonds is 4. The number of aromatic nitrogens is 2. The predicted molar refractivity (Wildman–Crippen MR) is 87.3 cm³/mol. The van der Waals surface area contributed by atoms with Crippen LogP contribution in [0, 0.1) is 0 Å². The molecule has 0 spiro atoms. The molecular formula is C17H16N2O2S. The van der Waals surface area contributed by atoms with E-state index in [-0.39, 0.29) is 6.42 Å². The van der Waals surface area contributed by atoms with Crippen LogP contribution >= 0.6 is 11.3 Å². The zero-order valence-electron chi connectivity index (χ0n) is 12.2. The van der Waals surface area contributed by atoms with E-state index in [1.165, 1.54) is 35.0 Å². The first-order valence-electron chi connectivity index (χ1n) is 7.39. The van der Waals surface area contributed by atoms with Crippen molar-refractivity contribution in [3.63, 3.8) is 0 Å². The van der Waals surface area contributed by atoms with Crippen LogP contribution in [0.5, 0.6) is 0 Å². The molecule has 0 radical (unpaired) electrons. The molecule has 5 heteroatoms. The Balaban J connectivity index is 1.91. The van der Waals surface area contributed by atoms with Crippen molar-refractivity contribution in [3.05, 3.63) is 41.0 Å². The molecule has 0 atom stereocenters. The third kappa shape index (κ3) is 2.13. The molecule has 4 rings (SSSR count). The van der Waals surface area contributed by atoms with Gasteiger partial charge in [0.25, 0.3) is 0 Å². The molecule has 2 aromatic heterocycles. The average Bonchev–Trinajstić information content (AvgIpc) is 3.16. The number of para-hydroxylation sites is 1. The summed E-state index contributed by atoms with van der Waals surface area (Å²) in [6.45, 7) is 0. The second kappa shape index (κ2) is 4.95. The van der Waals surface area contributed by atoms with Crippen LogP contribution in [0.2, 0.25) is 0 Å². The third-order valence-corrected chi connectivity index (χ3v) is 5.12. The first kappa shape index (κ1) is 13.5. The SMILES string of the molecule is Cn1c(C2CC2)c(-c2nc(CC(=O)O)cs2)c2ccccc21. The van der Waals surface area contributed by atoms with E-state index in [0.29, 0.717) is 11.6 Å². The summed E-state index contributed by atoms with van der Waals surface area (Å²) in [4.78, 5) is 15.5. The Morgan fingerprint density at radius 3 is 2.91 bits per heavy atom. The van der Waals surface area contributed by atoms with Gasteiger partial charge < -0.3 is 9.67 Å². The number of carboxylic acids is 1. The molecule has 1 N–H and O–H groups in total. The quantitative estimate of drug-likeness (QED) is 0.797. The molecule has 0 unspecified atom stereocenters. The second-order valence-corrected chi connectivity index (χ2v) is 6.68. The second-order valence-electron chi connectivity index (χ2n) is 5.83. The maximum absolute atomic E-state index is 10.9. The van der Waals surface area contributed by atoms with Crippen molar-refractivity contribution >= 4 is 28.2 Å². The monoisotopic (exact) mass is 312 g/mol. The topological polar surface area (TPSA) is 55.1 Å². The normalized spacial score (nSPS) is 14.6. The zero-order valence-corrected chi connectivity index (χ0v) is 13.1. The summed E-state index contributed by atoms with van der Waals surface area (Å²) < 4.78 is 2.28. The minimum atomic E-state index is -0.836. The molecule has 0 aliphatic heterocycles. The number of benzene rings is 1. The Labute approximate surface area is 132 Å². The number of fused-ring (bicyclic) bond motifs is 1. The van der Waals surface area contributed by atoms with E-state index in [1.807, 2.05) is 11.4 Å². The summed E-state index contributed by atoms with van der Waals surface area (Å²) in [5.74, 6) is -0.226. The maximum atomic E-state index is 10.9. The van der Waals surface area contributed by atoms with E-state index < -0.39 is 5.97 Å². The van der Waals surface area contributed by atoms with Crippen molar-refractivity contribution in [2.24, 2.45) is 7.05 Å². The van der Waals surface area contributed by atoms with Gasteiger partial charge in [0.1, 0.15) is 5.01 Å². The number of nitrogens with zero attached hydrogens (tertiary/aromatic N) is 2. The van der Waals surface area contributed by atoms with E-state index in [9.17, 15) is 4.79 Å². The summed E-state index contributed by atoms with van der Waals surface area (Å²) in [6, 6.07) is 8.38. The van der Waals surface area contributed by atoms with Crippen LogP contribution in [0.4, 0.5) is 0 Å². The van der Waals surface area contributed by atoms with Crippen LogP contribution in [0.3, 0.4) is 0 Å². The third-order valence-electron chi connectivity index (χ3n) is 4.21. The highest BCUT2D eigenvalue weighted by Crippen LogP contribution is 2.48. The molecule has 2 heterocycles. The van der Waals surface area contributed by atoms with E-state index >= 15 is 0 Å². The van der Waals surface area contributed by atoms with Crippen molar-refractivity contribution in [3.8, 4) is 10.6 Å². The first-order valence-corrected chi connectivity index (χ1v) is 8.27. The van der Waals surface area contributed by atoms with Gasteiger partial charge in [0.05, 0.1) is 12.1 Å². The summed E-state index contributed by atoms with van der Waals surface area (Å²) >= 11 is 1.54. The van der Waals surface area contributed by atoms with Gasteiger partial charge in [-0.2, -0.15) is 0 Å². The van der Waals surface area contributed by atoms with Crippen molar-refractivity contribution in [2.75, 3.05) is 0 Å². The number of hydrogen-bond donors (Lipinski definition) is 1. The smallest absolute Gasteiger partial charge is 0.309 e. The lowest BCUT2D eigenvalue weighted by atomic mass is 10.1. The van der Waals surface area contributed by atoms with E-state index in [4.69, 9.17) is 5.11 Å². The highest BCUT2D eigenvalue weighted by Gasteiger charge is 2.32. The predicted octanol–water partition coefficient (Wildman–Crippen LogP) is 3.81. The molecule has 4 nitrogen and oxygen atoms in total. The van der Waals surface area contributed by atoms with Gasteiger partial charge in [-0.05, 0) is 24.8 Å². The summed E-state index contributed by atoms with van der Waals surface area (Å²) in [5, 5.41) is 12.9. The molecule has 1 aromatic carbocycles. The number of hydrogen-bond acceptors (Lipinski definition) is 3. The fourth-order valence-corrected chi connectivity index (χ4v) is 4.02. The summed E-state index contributed by atoms with van der Waals surface area (Å²) in [6.07, 6.45) is 2.44. The van der Waals surface area contributed by atoms with Gasteiger partial charge >= 0.3 is 5.97 Å². The minimum absolute atomic E-state index is 0.0139. The molecule has 0 saturated heterocycles. The Morgan fingerprint density at radius 2 is 2.18 bits per heavy atom. The fraction of sp³-hybridized carbons (Fsp3) is 0.294. The fourth-order valence-electron chi connectivity index (χ4n) is 3.13. The Bertz CT molecular complexity index is 874. The van der Waals surface area contributed by atoms with Gasteiger partial charge in [-0.15, -0.1) is 11.3 Å². The number of carbonyl (C=O) groups is 1. The molecule has 1 aliphatic carbocycles. The van der Waals surface area contributed by atoms with Crippen molar-refractivity contribution in [2.45, 2.75) is 25.2 Å². The molecule has 0 amide bonds. The zero-order chi connectivity index (χ0) is 15.3. The molecular weight excluding hydrogens is 296 g/mol. The lowest BCUT2D eigenvalue weighted by Gasteiger charge is -2.04. The first-order chi connectivity index (χ1) is 10.6. The largest absolute Gasteiger partial charge is 0.481 e. The van der Waals surface area contributed by atoms with Crippen LogP contribution in [0.25, 0.3) is 21.5 Å².